The molecular weight excluding hydrogens is 441 g/mol. The number of hydrogen-bond donors (Lipinski definition) is 3. The molecular formula is C19H30N5O7P. The Morgan fingerprint density at radius 2 is 2.06 bits per heavy atom. The molecule has 0 saturated carbocycles. The molecule has 0 spiro atoms. The number of anilines is 1. The monoisotopic (exact) mass is 471 g/mol. The number of imidazole rings is 1. The minimum atomic E-state index is -4.45. The van der Waals surface area contributed by atoms with Gasteiger partial charge in [0.1, 0.15) is 17.8 Å². The van der Waals surface area contributed by atoms with E-state index in [0.29, 0.717) is 6.42 Å². The van der Waals surface area contributed by atoms with Crippen molar-refractivity contribution in [1.82, 2.24) is 19.5 Å². The Morgan fingerprint density at radius 1 is 1.38 bits per heavy atom. The topological polar surface area (TPSA) is 164 Å². The minimum absolute atomic E-state index is 0.0658. The molecule has 4 N–H and O–H groups in total. The summed E-state index contributed by atoms with van der Waals surface area (Å²) in [6.45, 7) is 11.2. The smallest absolute Gasteiger partial charge is 0.369 e. The molecule has 2 fully saturated rings. The van der Waals surface area contributed by atoms with Gasteiger partial charge in [-0.3, -0.25) is 23.4 Å². The van der Waals surface area contributed by atoms with E-state index in [1.807, 2.05) is 20.8 Å². The van der Waals surface area contributed by atoms with Crippen LogP contribution in [0, 0.1) is 5.41 Å². The summed E-state index contributed by atoms with van der Waals surface area (Å²) in [5.41, 5.74) is 3.42. The summed E-state index contributed by atoms with van der Waals surface area (Å²) < 4.78 is 37.8. The van der Waals surface area contributed by atoms with Gasteiger partial charge in [-0.2, -0.15) is 4.98 Å². The Labute approximate surface area is 185 Å². The molecule has 178 valence electrons. The molecule has 2 aromatic rings. The Kier molecular flexibility index (Phi) is 5.36. The molecule has 2 aliphatic heterocycles. The highest BCUT2D eigenvalue weighted by Gasteiger charge is 2.65. The molecule has 0 amide bonds. The van der Waals surface area contributed by atoms with E-state index < -0.39 is 43.0 Å². The van der Waals surface area contributed by atoms with Crippen LogP contribution in [0.25, 0.3) is 11.2 Å². The average molecular weight is 471 g/mol. The van der Waals surface area contributed by atoms with Gasteiger partial charge in [-0.25, -0.2) is 9.55 Å². The molecule has 0 aromatic carbocycles. The van der Waals surface area contributed by atoms with Crippen molar-refractivity contribution in [2.75, 3.05) is 12.3 Å². The van der Waals surface area contributed by atoms with Crippen LogP contribution in [-0.4, -0.2) is 54.4 Å². The number of aromatic nitrogens is 4. The van der Waals surface area contributed by atoms with Crippen LogP contribution in [-0.2, 0) is 23.1 Å². The Hall–Kier alpha value is -1.82. The van der Waals surface area contributed by atoms with Crippen LogP contribution < -0.4 is 11.3 Å². The van der Waals surface area contributed by atoms with Crippen LogP contribution in [0.3, 0.4) is 0 Å². The number of nitrogen functional groups attached to an aromatic ring is 1. The highest BCUT2D eigenvalue weighted by molar-refractivity contribution is 7.47. The molecule has 2 aliphatic rings. The van der Waals surface area contributed by atoms with Gasteiger partial charge in [0.15, 0.2) is 17.4 Å². The van der Waals surface area contributed by atoms with E-state index in [1.165, 1.54) is 6.33 Å². The molecule has 12 nitrogen and oxygen atoms in total. The second kappa shape index (κ2) is 7.34. The fraction of sp³-hybridized carbons (Fsp3) is 0.737. The summed E-state index contributed by atoms with van der Waals surface area (Å²) in [5.74, 6) is -0.0658. The molecule has 0 aliphatic carbocycles. The van der Waals surface area contributed by atoms with Crippen molar-refractivity contribution in [2.24, 2.45) is 5.41 Å². The number of hydrogen-bond acceptors (Lipinski definition) is 9. The second-order valence-electron chi connectivity index (χ2n) is 10.6. The van der Waals surface area contributed by atoms with Gasteiger partial charge in [0.2, 0.25) is 5.95 Å². The van der Waals surface area contributed by atoms with Crippen molar-refractivity contribution in [3.63, 3.8) is 0 Å². The van der Waals surface area contributed by atoms with Crippen molar-refractivity contribution in [2.45, 2.75) is 77.6 Å². The maximum absolute atomic E-state index is 12.8. The zero-order chi connectivity index (χ0) is 23.7. The van der Waals surface area contributed by atoms with Gasteiger partial charge in [0.05, 0.1) is 18.5 Å². The van der Waals surface area contributed by atoms with Crippen molar-refractivity contribution in [3.8, 4) is 0 Å². The maximum Gasteiger partial charge on any atom is 0.473 e. The van der Waals surface area contributed by atoms with Crippen LogP contribution in [0.2, 0.25) is 0 Å². The zero-order valence-electron chi connectivity index (χ0n) is 19.0. The Bertz CT molecular complexity index is 1130. The Balaban J connectivity index is 1.74. The lowest BCUT2D eigenvalue weighted by atomic mass is 9.80. The van der Waals surface area contributed by atoms with Gasteiger partial charge in [0, 0.05) is 0 Å². The molecule has 32 heavy (non-hydrogen) atoms. The lowest BCUT2D eigenvalue weighted by Gasteiger charge is -2.37. The molecule has 4 rings (SSSR count). The van der Waals surface area contributed by atoms with Gasteiger partial charge in [-0.05, 0) is 32.6 Å². The number of nitrogens with zero attached hydrogens (tertiary/aromatic N) is 3. The first-order valence-corrected chi connectivity index (χ1v) is 11.8. The summed E-state index contributed by atoms with van der Waals surface area (Å²) in [4.78, 5) is 33.4. The number of aromatic amines is 1. The molecule has 5 atom stereocenters. The van der Waals surface area contributed by atoms with Crippen LogP contribution in [0.4, 0.5) is 5.95 Å². The Morgan fingerprint density at radius 3 is 2.69 bits per heavy atom. The molecule has 0 radical (unpaired) electrons. The SMILES string of the molecule is CC(C)(C)C[C@@]12CO[C@@H]([C@H](n3cnc4c(=O)[nH]c(N)nc43)O1)[C@@H]2OP(=O)(O)OC(C)(C)C. The van der Waals surface area contributed by atoms with E-state index in [1.54, 1.807) is 25.3 Å². The number of H-pyrrole nitrogens is 1. The van der Waals surface area contributed by atoms with Gasteiger partial charge >= 0.3 is 7.82 Å². The number of nitrogens with two attached hydrogens (primary N) is 1. The lowest BCUT2D eigenvalue weighted by molar-refractivity contribution is -0.182. The van der Waals surface area contributed by atoms with Crippen molar-refractivity contribution >= 4 is 24.9 Å². The van der Waals surface area contributed by atoms with Gasteiger partial charge in [-0.1, -0.05) is 20.8 Å². The quantitative estimate of drug-likeness (QED) is 0.550. The molecule has 1 unspecified atom stereocenters. The maximum atomic E-state index is 12.8. The van der Waals surface area contributed by atoms with Gasteiger partial charge in [-0.15, -0.1) is 0 Å². The standard InChI is InChI=1S/C19H30N5O7P/c1-17(2,3)7-19-8-28-11(12(19)30-32(26,27)31-18(4,5)6)15(29-19)24-9-21-10-13(24)22-16(20)23-14(10)25/h9,11-12,15H,7-8H2,1-6H3,(H,26,27)(H3,20,22,23,25)/t11-,12+,15-,19+/m1/s1. The highest BCUT2D eigenvalue weighted by atomic mass is 31.2. The normalized spacial score (nSPS) is 30.2. The van der Waals surface area contributed by atoms with E-state index in [-0.39, 0.29) is 29.1 Å². The van der Waals surface area contributed by atoms with Crippen LogP contribution in [0.1, 0.15) is 54.2 Å². The predicted octanol–water partition coefficient (Wildman–Crippen LogP) is 2.11. The summed E-state index contributed by atoms with van der Waals surface area (Å²) in [7, 11) is -4.45. The third-order valence-corrected chi connectivity index (χ3v) is 6.44. The fourth-order valence-electron chi connectivity index (χ4n) is 4.45. The first kappa shape index (κ1) is 23.3. The highest BCUT2D eigenvalue weighted by Crippen LogP contribution is 2.58. The van der Waals surface area contributed by atoms with Crippen LogP contribution in [0.5, 0.6) is 0 Å². The van der Waals surface area contributed by atoms with E-state index >= 15 is 0 Å². The van der Waals surface area contributed by atoms with Crippen molar-refractivity contribution in [3.05, 3.63) is 16.7 Å². The van der Waals surface area contributed by atoms with Crippen LogP contribution in [0.15, 0.2) is 11.1 Å². The van der Waals surface area contributed by atoms with E-state index in [2.05, 4.69) is 15.0 Å². The van der Waals surface area contributed by atoms with Gasteiger partial charge < -0.3 is 20.1 Å². The molecule has 2 saturated heterocycles. The fourth-order valence-corrected chi connectivity index (χ4v) is 5.78. The van der Waals surface area contributed by atoms with E-state index in [0.717, 1.165) is 0 Å². The summed E-state index contributed by atoms with van der Waals surface area (Å²) in [5, 5.41) is 0. The first-order valence-electron chi connectivity index (χ1n) is 10.3. The van der Waals surface area contributed by atoms with Crippen molar-refractivity contribution < 1.29 is 28.0 Å². The number of phosphoric acid groups is 1. The summed E-state index contributed by atoms with van der Waals surface area (Å²) in [6.07, 6.45) is -0.574. The number of rotatable bonds is 5. The second-order valence-corrected chi connectivity index (χ2v) is 11.9. The molecule has 2 aromatic heterocycles. The number of phosphoric ester groups is 1. The van der Waals surface area contributed by atoms with Crippen LogP contribution >= 0.6 is 7.82 Å². The number of fused-ring (bicyclic) bond motifs is 3. The van der Waals surface area contributed by atoms with E-state index in [4.69, 9.17) is 24.3 Å². The van der Waals surface area contributed by atoms with Crippen molar-refractivity contribution in [1.29, 1.82) is 0 Å². The third kappa shape index (κ3) is 4.35. The third-order valence-electron chi connectivity index (χ3n) is 5.16. The molecule has 4 heterocycles. The average Bonchev–Trinajstić information content (AvgIpc) is 3.20. The zero-order valence-corrected chi connectivity index (χ0v) is 19.9. The number of nitrogens with one attached hydrogen (secondary N) is 1. The molecule has 2 bridgehead atoms. The largest absolute Gasteiger partial charge is 0.473 e. The summed E-state index contributed by atoms with van der Waals surface area (Å²) in [6, 6.07) is 0. The van der Waals surface area contributed by atoms with Gasteiger partial charge in [0.25, 0.3) is 5.56 Å². The first-order chi connectivity index (χ1) is 14.6. The predicted molar refractivity (Wildman–Crippen MR) is 115 cm³/mol. The molecule has 13 heteroatoms. The van der Waals surface area contributed by atoms with E-state index in [9.17, 15) is 14.3 Å². The lowest BCUT2D eigenvalue weighted by Crippen LogP contribution is -2.44. The minimum Gasteiger partial charge on any atom is -0.369 e. The number of ether oxygens (including phenoxy) is 2. The summed E-state index contributed by atoms with van der Waals surface area (Å²) >= 11 is 0.